The van der Waals surface area contributed by atoms with E-state index in [1.807, 2.05) is 13.8 Å². The maximum atomic E-state index is 9.85. The Kier molecular flexibility index (Phi) is 11.5. The van der Waals surface area contributed by atoms with E-state index in [4.69, 9.17) is 0 Å². The zero-order chi connectivity index (χ0) is 21.8. The quantitative estimate of drug-likeness (QED) is 0.342. The van der Waals surface area contributed by atoms with Gasteiger partial charge in [0.2, 0.25) is 0 Å². The number of benzene rings is 1. The van der Waals surface area contributed by atoms with Gasteiger partial charge in [-0.3, -0.25) is 0 Å². The average Bonchev–Trinajstić information content (AvgIpc) is 2.70. The number of hydrogen-bond acceptors (Lipinski definition) is 2. The molecule has 1 aromatic carbocycles. The molecule has 29 heavy (non-hydrogen) atoms. The van der Waals surface area contributed by atoms with E-state index < -0.39 is 0 Å². The predicted molar refractivity (Wildman–Crippen MR) is 127 cm³/mol. The molecule has 0 saturated carbocycles. The van der Waals surface area contributed by atoms with Crippen molar-refractivity contribution in [3.05, 3.63) is 58.2 Å². The predicted octanol–water partition coefficient (Wildman–Crippen LogP) is 8.26. The standard InChI is InChI=1S/C25H36O2.C2H6/c1-18(11-13-22-17-23(26)14-16-25(22)27)7-5-8-19(2)12-15-24-20(3)9-6-10-21(24)4;1-2/h8,11,14,16-17,20,26-27H,5-7,9-10,12-13,15H2,1-4H3;1-2H3/b18-11+,19-8+;/t20-;/m0./s1. The van der Waals surface area contributed by atoms with E-state index in [0.717, 1.165) is 24.3 Å². The van der Waals surface area contributed by atoms with Crippen molar-refractivity contribution >= 4 is 0 Å². The normalized spacial score (nSPS) is 17.8. The van der Waals surface area contributed by atoms with Crippen LogP contribution in [-0.2, 0) is 6.42 Å². The Labute approximate surface area is 179 Å². The number of allylic oxidation sites excluding steroid dienone is 6. The molecule has 2 N–H and O–H groups in total. The largest absolute Gasteiger partial charge is 0.508 e. The molecule has 1 aromatic rings. The summed E-state index contributed by atoms with van der Waals surface area (Å²) in [4.78, 5) is 0. The minimum Gasteiger partial charge on any atom is -0.508 e. The fraction of sp³-hybridized carbons (Fsp3) is 0.556. The fourth-order valence-electron chi connectivity index (χ4n) is 3.99. The van der Waals surface area contributed by atoms with Gasteiger partial charge >= 0.3 is 0 Å². The van der Waals surface area contributed by atoms with Crippen LogP contribution in [-0.4, -0.2) is 10.2 Å². The molecule has 0 saturated heterocycles. The molecule has 162 valence electrons. The number of phenols is 2. The lowest BCUT2D eigenvalue weighted by Crippen LogP contribution is -2.08. The van der Waals surface area contributed by atoms with Gasteiger partial charge in [0, 0.05) is 5.56 Å². The summed E-state index contributed by atoms with van der Waals surface area (Å²) in [5, 5.41) is 19.4. The first-order valence-electron chi connectivity index (χ1n) is 11.4. The van der Waals surface area contributed by atoms with Crippen molar-refractivity contribution in [3.63, 3.8) is 0 Å². The topological polar surface area (TPSA) is 40.5 Å². The van der Waals surface area contributed by atoms with Crippen LogP contribution < -0.4 is 0 Å². The number of hydrogen-bond donors (Lipinski definition) is 2. The SMILES string of the molecule is CC.CC1=C(CC/C(C)=C/CC/C(C)=C/Cc2cc(O)ccc2O)[C@@H](C)CCC1. The van der Waals surface area contributed by atoms with Gasteiger partial charge in [-0.15, -0.1) is 0 Å². The van der Waals surface area contributed by atoms with Crippen LogP contribution in [0.25, 0.3) is 0 Å². The number of phenolic OH excluding ortho intramolecular Hbond substituents is 2. The van der Waals surface area contributed by atoms with E-state index in [0.29, 0.717) is 6.42 Å². The summed E-state index contributed by atoms with van der Waals surface area (Å²) < 4.78 is 0. The summed E-state index contributed by atoms with van der Waals surface area (Å²) in [6, 6.07) is 4.69. The molecular weight excluding hydrogens is 356 g/mol. The van der Waals surface area contributed by atoms with Crippen LogP contribution in [0.4, 0.5) is 0 Å². The van der Waals surface area contributed by atoms with Crippen molar-refractivity contribution in [2.45, 2.75) is 92.9 Å². The van der Waals surface area contributed by atoms with Crippen LogP contribution in [0.1, 0.15) is 92.1 Å². The van der Waals surface area contributed by atoms with Gasteiger partial charge in [-0.1, -0.05) is 55.2 Å². The molecule has 0 bridgehead atoms. The Balaban J connectivity index is 0.00000204. The number of aromatic hydroxyl groups is 2. The molecule has 2 heteroatoms. The maximum absolute atomic E-state index is 9.85. The minimum atomic E-state index is 0.199. The third kappa shape index (κ3) is 8.94. The van der Waals surface area contributed by atoms with Gasteiger partial charge in [0.1, 0.15) is 11.5 Å². The lowest BCUT2D eigenvalue weighted by molar-refractivity contribution is 0.455. The summed E-state index contributed by atoms with van der Waals surface area (Å²) in [6.07, 6.45) is 13.7. The molecule has 0 unspecified atom stereocenters. The fourth-order valence-corrected chi connectivity index (χ4v) is 3.99. The highest BCUT2D eigenvalue weighted by atomic mass is 16.3. The van der Waals surface area contributed by atoms with Crippen LogP contribution in [0.2, 0.25) is 0 Å². The molecule has 0 aliphatic heterocycles. The molecule has 0 heterocycles. The highest BCUT2D eigenvalue weighted by molar-refractivity contribution is 5.39. The van der Waals surface area contributed by atoms with Gasteiger partial charge in [-0.2, -0.15) is 0 Å². The maximum Gasteiger partial charge on any atom is 0.119 e. The van der Waals surface area contributed by atoms with Crippen LogP contribution >= 0.6 is 0 Å². The second-order valence-corrected chi connectivity index (χ2v) is 8.26. The smallest absolute Gasteiger partial charge is 0.119 e. The summed E-state index contributed by atoms with van der Waals surface area (Å²) in [5.74, 6) is 1.21. The zero-order valence-electron chi connectivity index (χ0n) is 19.5. The van der Waals surface area contributed by atoms with E-state index in [-0.39, 0.29) is 11.5 Å². The van der Waals surface area contributed by atoms with Gasteiger partial charge in [0.25, 0.3) is 0 Å². The van der Waals surface area contributed by atoms with Crippen molar-refractivity contribution in [3.8, 4) is 11.5 Å². The van der Waals surface area contributed by atoms with E-state index in [1.165, 1.54) is 49.3 Å². The molecule has 0 amide bonds. The van der Waals surface area contributed by atoms with Crippen LogP contribution in [0.15, 0.2) is 52.6 Å². The number of rotatable bonds is 8. The lowest BCUT2D eigenvalue weighted by atomic mass is 9.81. The van der Waals surface area contributed by atoms with Crippen molar-refractivity contribution in [2.24, 2.45) is 5.92 Å². The Morgan fingerprint density at radius 1 is 1.07 bits per heavy atom. The molecule has 0 fully saturated rings. The van der Waals surface area contributed by atoms with E-state index in [9.17, 15) is 10.2 Å². The molecule has 0 radical (unpaired) electrons. The molecule has 0 spiro atoms. The van der Waals surface area contributed by atoms with E-state index in [2.05, 4.69) is 39.8 Å². The zero-order valence-corrected chi connectivity index (χ0v) is 19.5. The first-order chi connectivity index (χ1) is 13.9. The van der Waals surface area contributed by atoms with Gasteiger partial charge < -0.3 is 10.2 Å². The average molecular weight is 399 g/mol. The first kappa shape index (κ1) is 25.1. The third-order valence-electron chi connectivity index (χ3n) is 5.89. The van der Waals surface area contributed by atoms with Gasteiger partial charge in [-0.05, 0) is 96.3 Å². The Morgan fingerprint density at radius 2 is 1.76 bits per heavy atom. The molecule has 1 atom stereocenters. The van der Waals surface area contributed by atoms with Crippen LogP contribution in [0.3, 0.4) is 0 Å². The lowest BCUT2D eigenvalue weighted by Gasteiger charge is -2.24. The highest BCUT2D eigenvalue weighted by Gasteiger charge is 2.16. The Morgan fingerprint density at radius 3 is 2.45 bits per heavy atom. The van der Waals surface area contributed by atoms with Crippen molar-refractivity contribution < 1.29 is 10.2 Å². The molecule has 2 rings (SSSR count). The monoisotopic (exact) mass is 398 g/mol. The summed E-state index contributed by atoms with van der Waals surface area (Å²) in [5.41, 5.74) is 6.92. The molecule has 1 aliphatic carbocycles. The third-order valence-corrected chi connectivity index (χ3v) is 5.89. The molecule has 0 aromatic heterocycles. The minimum absolute atomic E-state index is 0.199. The van der Waals surface area contributed by atoms with E-state index >= 15 is 0 Å². The Hall–Kier alpha value is -1.96. The first-order valence-corrected chi connectivity index (χ1v) is 11.4. The second kappa shape index (κ2) is 13.3. The molecule has 1 aliphatic rings. The van der Waals surface area contributed by atoms with Gasteiger partial charge in [-0.25, -0.2) is 0 Å². The van der Waals surface area contributed by atoms with Crippen molar-refractivity contribution in [2.75, 3.05) is 0 Å². The van der Waals surface area contributed by atoms with Crippen molar-refractivity contribution in [1.82, 2.24) is 0 Å². The molecule has 2 nitrogen and oxygen atoms in total. The summed E-state index contributed by atoms with van der Waals surface area (Å²) >= 11 is 0. The van der Waals surface area contributed by atoms with Crippen LogP contribution in [0, 0.1) is 5.92 Å². The van der Waals surface area contributed by atoms with E-state index in [1.54, 1.807) is 23.3 Å². The van der Waals surface area contributed by atoms with Gasteiger partial charge in [0.05, 0.1) is 0 Å². The van der Waals surface area contributed by atoms with Crippen LogP contribution in [0.5, 0.6) is 11.5 Å². The highest BCUT2D eigenvalue weighted by Crippen LogP contribution is 2.33. The summed E-state index contributed by atoms with van der Waals surface area (Å²) in [7, 11) is 0. The second-order valence-electron chi connectivity index (χ2n) is 8.26. The van der Waals surface area contributed by atoms with Crippen molar-refractivity contribution in [1.29, 1.82) is 0 Å². The molecular formula is C27H42O2. The Bertz CT molecular complexity index is 722. The van der Waals surface area contributed by atoms with Gasteiger partial charge in [0.15, 0.2) is 0 Å². The summed E-state index contributed by atoms with van der Waals surface area (Å²) in [6.45, 7) is 13.1.